The second-order valence-corrected chi connectivity index (χ2v) is 6.80. The number of aliphatic hydroxyl groups is 1. The molecule has 5 nitrogen and oxygen atoms in total. The van der Waals surface area contributed by atoms with E-state index in [2.05, 4.69) is 16.6 Å². The molecule has 0 fully saturated rings. The van der Waals surface area contributed by atoms with Gasteiger partial charge in [-0.15, -0.1) is 0 Å². The minimum Gasteiger partial charge on any atom is -0.384 e. The molecule has 0 amide bonds. The van der Waals surface area contributed by atoms with Crippen LogP contribution in [0.15, 0.2) is 23.1 Å². The summed E-state index contributed by atoms with van der Waals surface area (Å²) in [4.78, 5) is 2.01. The highest BCUT2D eigenvalue weighted by Crippen LogP contribution is 2.22. The molecule has 116 valence electrons. The summed E-state index contributed by atoms with van der Waals surface area (Å²) in [6.07, 6.45) is 0.712. The molecule has 0 heterocycles. The maximum Gasteiger partial charge on any atom is 0.242 e. The zero-order valence-electron chi connectivity index (χ0n) is 12.1. The van der Waals surface area contributed by atoms with Crippen molar-refractivity contribution >= 4 is 21.6 Å². The summed E-state index contributed by atoms with van der Waals surface area (Å²) in [5.74, 6) is 5.15. The van der Waals surface area contributed by atoms with Crippen LogP contribution in [-0.2, 0) is 10.0 Å². The lowest BCUT2D eigenvalue weighted by Gasteiger charge is -2.11. The quantitative estimate of drug-likeness (QED) is 0.601. The fourth-order valence-corrected chi connectivity index (χ4v) is 3.23. The second-order valence-electron chi connectivity index (χ2n) is 4.66. The van der Waals surface area contributed by atoms with Gasteiger partial charge in [-0.05, 0) is 45.3 Å². The number of hydrogen-bond donors (Lipinski definition) is 2. The fraction of sp³-hybridized carbons (Fsp3) is 0.429. The topological polar surface area (TPSA) is 69.6 Å². The van der Waals surface area contributed by atoms with Crippen molar-refractivity contribution < 1.29 is 13.5 Å². The van der Waals surface area contributed by atoms with Gasteiger partial charge < -0.3 is 10.0 Å². The number of halogens is 1. The normalized spacial score (nSPS) is 11.3. The molecule has 0 saturated carbocycles. The van der Waals surface area contributed by atoms with Gasteiger partial charge in [0.1, 0.15) is 11.5 Å². The Morgan fingerprint density at radius 3 is 2.67 bits per heavy atom. The molecular formula is C14H19ClN2O3S. The van der Waals surface area contributed by atoms with Crippen LogP contribution < -0.4 is 4.72 Å². The standard InChI is InChI=1S/C14H19ClN2O3S/c1-17(2)9-4-8-16-21(19,20)14-7-6-12(5-3-10-18)11-13(14)15/h6-7,11,16,18H,4,8-10H2,1-2H3. The molecule has 0 aliphatic rings. The van der Waals surface area contributed by atoms with E-state index in [0.29, 0.717) is 18.5 Å². The first kappa shape index (κ1) is 18.0. The van der Waals surface area contributed by atoms with Gasteiger partial charge >= 0.3 is 0 Å². The van der Waals surface area contributed by atoms with E-state index in [1.54, 1.807) is 6.07 Å². The molecule has 0 atom stereocenters. The van der Waals surface area contributed by atoms with Gasteiger partial charge in [-0.2, -0.15) is 0 Å². The zero-order valence-corrected chi connectivity index (χ0v) is 13.6. The van der Waals surface area contributed by atoms with Gasteiger partial charge in [0.2, 0.25) is 10.0 Å². The molecule has 21 heavy (non-hydrogen) atoms. The second kappa shape index (κ2) is 8.37. The van der Waals surface area contributed by atoms with Gasteiger partial charge in [0.05, 0.1) is 5.02 Å². The Labute approximate surface area is 131 Å². The Morgan fingerprint density at radius 1 is 1.38 bits per heavy atom. The Bertz CT molecular complexity index is 633. The average Bonchev–Trinajstić information content (AvgIpc) is 2.41. The summed E-state index contributed by atoms with van der Waals surface area (Å²) in [5.41, 5.74) is 0.556. The molecule has 0 bridgehead atoms. The minimum absolute atomic E-state index is 0.0311. The summed E-state index contributed by atoms with van der Waals surface area (Å²) in [6.45, 7) is 0.889. The van der Waals surface area contributed by atoms with Crippen LogP contribution in [-0.4, -0.2) is 52.2 Å². The van der Waals surface area contributed by atoms with Crippen molar-refractivity contribution in [2.75, 3.05) is 33.8 Å². The van der Waals surface area contributed by atoms with Crippen molar-refractivity contribution in [1.29, 1.82) is 0 Å². The zero-order chi connectivity index (χ0) is 15.9. The smallest absolute Gasteiger partial charge is 0.242 e. The van der Waals surface area contributed by atoms with Gasteiger partial charge in [-0.25, -0.2) is 13.1 Å². The van der Waals surface area contributed by atoms with Crippen molar-refractivity contribution in [3.63, 3.8) is 0 Å². The number of aliphatic hydroxyl groups excluding tert-OH is 1. The number of nitrogens with zero attached hydrogens (tertiary/aromatic N) is 1. The van der Waals surface area contributed by atoms with E-state index in [4.69, 9.17) is 16.7 Å². The van der Waals surface area contributed by atoms with Crippen LogP contribution in [0.2, 0.25) is 5.02 Å². The highest BCUT2D eigenvalue weighted by molar-refractivity contribution is 7.89. The Morgan fingerprint density at radius 2 is 2.10 bits per heavy atom. The van der Waals surface area contributed by atoms with Crippen molar-refractivity contribution in [2.45, 2.75) is 11.3 Å². The van der Waals surface area contributed by atoms with Crippen LogP contribution in [0.25, 0.3) is 0 Å². The van der Waals surface area contributed by atoms with E-state index in [1.807, 2.05) is 19.0 Å². The summed E-state index contributed by atoms with van der Waals surface area (Å²) >= 11 is 6.00. The van der Waals surface area contributed by atoms with Crippen LogP contribution in [0.1, 0.15) is 12.0 Å². The van der Waals surface area contributed by atoms with Crippen molar-refractivity contribution in [2.24, 2.45) is 0 Å². The van der Waals surface area contributed by atoms with Gasteiger partial charge in [0, 0.05) is 12.1 Å². The van der Waals surface area contributed by atoms with Gasteiger partial charge in [0.15, 0.2) is 0 Å². The molecule has 1 rings (SSSR count). The predicted octanol–water partition coefficient (Wildman–Crippen LogP) is 0.914. The monoisotopic (exact) mass is 330 g/mol. The molecule has 0 aliphatic heterocycles. The van der Waals surface area contributed by atoms with Gasteiger partial charge in [0.25, 0.3) is 0 Å². The van der Waals surface area contributed by atoms with E-state index in [9.17, 15) is 8.42 Å². The SMILES string of the molecule is CN(C)CCCNS(=O)(=O)c1ccc(C#CCO)cc1Cl. The lowest BCUT2D eigenvalue weighted by molar-refractivity contribution is 0.350. The summed E-state index contributed by atoms with van der Waals surface area (Å²) in [6, 6.07) is 4.44. The lowest BCUT2D eigenvalue weighted by Crippen LogP contribution is -2.27. The van der Waals surface area contributed by atoms with Crippen molar-refractivity contribution in [3.8, 4) is 11.8 Å². The number of nitrogens with one attached hydrogen (secondary N) is 1. The first-order valence-electron chi connectivity index (χ1n) is 6.40. The van der Waals surface area contributed by atoms with E-state index in [-0.39, 0.29) is 16.5 Å². The first-order chi connectivity index (χ1) is 9.86. The number of rotatable bonds is 6. The summed E-state index contributed by atoms with van der Waals surface area (Å²) < 4.78 is 26.8. The van der Waals surface area contributed by atoms with E-state index >= 15 is 0 Å². The van der Waals surface area contributed by atoms with Crippen molar-refractivity contribution in [1.82, 2.24) is 9.62 Å². The molecule has 2 N–H and O–H groups in total. The van der Waals surface area contributed by atoms with Gasteiger partial charge in [-0.3, -0.25) is 0 Å². The molecule has 0 saturated heterocycles. The molecule has 0 unspecified atom stereocenters. The maximum absolute atomic E-state index is 12.1. The molecule has 0 spiro atoms. The molecule has 7 heteroatoms. The lowest BCUT2D eigenvalue weighted by atomic mass is 10.2. The molecule has 0 aliphatic carbocycles. The molecule has 0 radical (unpaired) electrons. The van der Waals surface area contributed by atoms with Crippen LogP contribution >= 0.6 is 11.6 Å². The summed E-state index contributed by atoms with van der Waals surface area (Å²) in [7, 11) is 0.232. The average molecular weight is 331 g/mol. The van der Waals surface area contributed by atoms with Crippen molar-refractivity contribution in [3.05, 3.63) is 28.8 Å². The van der Waals surface area contributed by atoms with Gasteiger partial charge in [-0.1, -0.05) is 23.4 Å². The number of hydrogen-bond acceptors (Lipinski definition) is 4. The third kappa shape index (κ3) is 6.04. The third-order valence-electron chi connectivity index (χ3n) is 2.61. The van der Waals surface area contributed by atoms with E-state index < -0.39 is 10.0 Å². The Balaban J connectivity index is 2.79. The van der Waals surface area contributed by atoms with Crippen LogP contribution in [0, 0.1) is 11.8 Å². The Kier molecular flexibility index (Phi) is 7.15. The van der Waals surface area contributed by atoms with Crippen LogP contribution in [0.3, 0.4) is 0 Å². The molecule has 0 aromatic heterocycles. The Hall–Kier alpha value is -1.10. The number of benzene rings is 1. The van der Waals surface area contributed by atoms with Crippen LogP contribution in [0.4, 0.5) is 0 Å². The fourth-order valence-electron chi connectivity index (χ4n) is 1.62. The summed E-state index contributed by atoms with van der Waals surface area (Å²) in [5, 5.41) is 8.74. The number of sulfonamides is 1. The minimum atomic E-state index is -3.62. The predicted molar refractivity (Wildman–Crippen MR) is 83.8 cm³/mol. The van der Waals surface area contributed by atoms with E-state index in [1.165, 1.54) is 12.1 Å². The largest absolute Gasteiger partial charge is 0.384 e. The highest BCUT2D eigenvalue weighted by atomic mass is 35.5. The van der Waals surface area contributed by atoms with E-state index in [0.717, 1.165) is 6.54 Å². The van der Waals surface area contributed by atoms with Crippen LogP contribution in [0.5, 0.6) is 0 Å². The molecule has 1 aromatic carbocycles. The first-order valence-corrected chi connectivity index (χ1v) is 8.26. The maximum atomic E-state index is 12.1. The molecule has 1 aromatic rings. The third-order valence-corrected chi connectivity index (χ3v) is 4.55. The highest BCUT2D eigenvalue weighted by Gasteiger charge is 2.17. The molecular weight excluding hydrogens is 312 g/mol.